The van der Waals surface area contributed by atoms with Gasteiger partial charge in [-0.05, 0) is 30.7 Å². The van der Waals surface area contributed by atoms with Gasteiger partial charge < -0.3 is 15.2 Å². The zero-order valence-electron chi connectivity index (χ0n) is 11.3. The van der Waals surface area contributed by atoms with Gasteiger partial charge in [0, 0.05) is 17.8 Å². The van der Waals surface area contributed by atoms with Gasteiger partial charge in [-0.25, -0.2) is 0 Å². The molecule has 0 bridgehead atoms. The fraction of sp³-hybridized carbons (Fsp3) is 0.250. The van der Waals surface area contributed by atoms with Crippen molar-refractivity contribution in [3.05, 3.63) is 59.7 Å². The van der Waals surface area contributed by atoms with Gasteiger partial charge in [-0.3, -0.25) is 0 Å². The van der Waals surface area contributed by atoms with Crippen molar-refractivity contribution < 1.29 is 9.84 Å². The van der Waals surface area contributed by atoms with Gasteiger partial charge in [0.15, 0.2) is 0 Å². The SMILES string of the molecule is COc1ccccc1C(O)CNc1cccc(C)c1. The van der Waals surface area contributed by atoms with Crippen LogP contribution in [0.3, 0.4) is 0 Å². The van der Waals surface area contributed by atoms with Crippen molar-refractivity contribution in [2.75, 3.05) is 19.0 Å². The summed E-state index contributed by atoms with van der Waals surface area (Å²) < 4.78 is 5.25. The standard InChI is InChI=1S/C16H19NO2/c1-12-6-5-7-13(10-12)17-11-15(18)14-8-3-4-9-16(14)19-2/h3-10,15,17-18H,11H2,1-2H3. The minimum Gasteiger partial charge on any atom is -0.496 e. The molecule has 1 unspecified atom stereocenters. The summed E-state index contributed by atoms with van der Waals surface area (Å²) in [7, 11) is 1.61. The van der Waals surface area contributed by atoms with E-state index in [-0.39, 0.29) is 0 Å². The number of rotatable bonds is 5. The van der Waals surface area contributed by atoms with Crippen LogP contribution in [0.2, 0.25) is 0 Å². The normalized spacial score (nSPS) is 11.9. The molecule has 0 aromatic heterocycles. The topological polar surface area (TPSA) is 41.5 Å². The molecule has 0 aliphatic carbocycles. The van der Waals surface area contributed by atoms with Gasteiger partial charge in [0.2, 0.25) is 0 Å². The van der Waals surface area contributed by atoms with Gasteiger partial charge in [0.05, 0.1) is 13.2 Å². The zero-order chi connectivity index (χ0) is 13.7. The van der Waals surface area contributed by atoms with Crippen molar-refractivity contribution in [2.24, 2.45) is 0 Å². The molecule has 0 heterocycles. The third-order valence-corrected chi connectivity index (χ3v) is 3.02. The molecule has 2 aromatic rings. The van der Waals surface area contributed by atoms with Crippen LogP contribution in [0.4, 0.5) is 5.69 Å². The largest absolute Gasteiger partial charge is 0.496 e. The third-order valence-electron chi connectivity index (χ3n) is 3.02. The summed E-state index contributed by atoms with van der Waals surface area (Å²) >= 11 is 0. The van der Waals surface area contributed by atoms with Crippen LogP contribution in [-0.2, 0) is 0 Å². The van der Waals surface area contributed by atoms with Crippen LogP contribution in [0.15, 0.2) is 48.5 Å². The maximum absolute atomic E-state index is 10.2. The Hall–Kier alpha value is -2.00. The zero-order valence-corrected chi connectivity index (χ0v) is 11.3. The number of methoxy groups -OCH3 is 1. The van der Waals surface area contributed by atoms with Crippen molar-refractivity contribution >= 4 is 5.69 Å². The Morgan fingerprint density at radius 3 is 2.68 bits per heavy atom. The molecule has 0 spiro atoms. The summed E-state index contributed by atoms with van der Waals surface area (Å²) in [5.41, 5.74) is 3.00. The highest BCUT2D eigenvalue weighted by Gasteiger charge is 2.12. The Morgan fingerprint density at radius 1 is 1.16 bits per heavy atom. The summed E-state index contributed by atoms with van der Waals surface area (Å²) in [5, 5.41) is 13.5. The van der Waals surface area contributed by atoms with Crippen molar-refractivity contribution in [3.63, 3.8) is 0 Å². The summed E-state index contributed by atoms with van der Waals surface area (Å²) in [6, 6.07) is 15.6. The van der Waals surface area contributed by atoms with Crippen molar-refractivity contribution in [2.45, 2.75) is 13.0 Å². The molecule has 0 aliphatic rings. The molecule has 100 valence electrons. The van der Waals surface area contributed by atoms with Crippen LogP contribution in [0.5, 0.6) is 5.75 Å². The first-order valence-electron chi connectivity index (χ1n) is 6.32. The second-order valence-electron chi connectivity index (χ2n) is 4.51. The van der Waals surface area contributed by atoms with Crippen molar-refractivity contribution in [1.82, 2.24) is 0 Å². The number of para-hydroxylation sites is 1. The van der Waals surface area contributed by atoms with Gasteiger partial charge in [0.25, 0.3) is 0 Å². The lowest BCUT2D eigenvalue weighted by Crippen LogP contribution is -2.13. The highest BCUT2D eigenvalue weighted by atomic mass is 16.5. The lowest BCUT2D eigenvalue weighted by atomic mass is 10.1. The lowest BCUT2D eigenvalue weighted by molar-refractivity contribution is 0.187. The van der Waals surface area contributed by atoms with E-state index < -0.39 is 6.10 Å². The average Bonchev–Trinajstić information content (AvgIpc) is 2.45. The molecule has 3 nitrogen and oxygen atoms in total. The number of nitrogens with one attached hydrogen (secondary N) is 1. The number of hydrogen-bond acceptors (Lipinski definition) is 3. The predicted molar refractivity (Wildman–Crippen MR) is 77.6 cm³/mol. The van der Waals surface area contributed by atoms with Gasteiger partial charge in [-0.15, -0.1) is 0 Å². The number of ether oxygens (including phenoxy) is 1. The predicted octanol–water partition coefficient (Wildman–Crippen LogP) is 3.15. The molecule has 0 fully saturated rings. The van der Waals surface area contributed by atoms with Crippen LogP contribution in [0, 0.1) is 6.92 Å². The van der Waals surface area contributed by atoms with E-state index in [1.165, 1.54) is 5.56 Å². The van der Waals surface area contributed by atoms with Crippen LogP contribution in [0.1, 0.15) is 17.2 Å². The quantitative estimate of drug-likeness (QED) is 0.864. The molecule has 0 saturated heterocycles. The first-order chi connectivity index (χ1) is 9.20. The Balaban J connectivity index is 2.03. The summed E-state index contributed by atoms with van der Waals surface area (Å²) in [4.78, 5) is 0. The average molecular weight is 257 g/mol. The Bertz CT molecular complexity index is 540. The maximum Gasteiger partial charge on any atom is 0.124 e. The molecule has 3 heteroatoms. The van der Waals surface area contributed by atoms with E-state index in [2.05, 4.69) is 11.4 Å². The molecule has 2 N–H and O–H groups in total. The van der Waals surface area contributed by atoms with Gasteiger partial charge >= 0.3 is 0 Å². The molecule has 2 rings (SSSR count). The number of benzene rings is 2. The van der Waals surface area contributed by atoms with E-state index >= 15 is 0 Å². The molecule has 0 amide bonds. The highest BCUT2D eigenvalue weighted by Crippen LogP contribution is 2.25. The fourth-order valence-corrected chi connectivity index (χ4v) is 2.02. The summed E-state index contributed by atoms with van der Waals surface area (Å²) in [6.07, 6.45) is -0.600. The van der Waals surface area contributed by atoms with Crippen LogP contribution < -0.4 is 10.1 Å². The Kier molecular flexibility index (Phi) is 4.42. The van der Waals surface area contributed by atoms with E-state index in [9.17, 15) is 5.11 Å². The third kappa shape index (κ3) is 3.48. The van der Waals surface area contributed by atoms with Gasteiger partial charge in [-0.1, -0.05) is 30.3 Å². The van der Waals surface area contributed by atoms with Crippen LogP contribution in [-0.4, -0.2) is 18.8 Å². The summed E-state index contributed by atoms with van der Waals surface area (Å²) in [5.74, 6) is 0.709. The molecule has 0 aliphatic heterocycles. The number of hydrogen-bond donors (Lipinski definition) is 2. The fourth-order valence-electron chi connectivity index (χ4n) is 2.02. The molecule has 1 atom stereocenters. The minimum atomic E-state index is -0.600. The smallest absolute Gasteiger partial charge is 0.124 e. The molecule has 19 heavy (non-hydrogen) atoms. The van der Waals surface area contributed by atoms with E-state index in [1.807, 2.05) is 49.4 Å². The number of aryl methyl sites for hydroxylation is 1. The highest BCUT2D eigenvalue weighted by molar-refractivity contribution is 5.46. The molecular weight excluding hydrogens is 238 g/mol. The van der Waals surface area contributed by atoms with Gasteiger partial charge in [-0.2, -0.15) is 0 Å². The van der Waals surface area contributed by atoms with Gasteiger partial charge in [0.1, 0.15) is 5.75 Å². The molecule has 0 saturated carbocycles. The molecule has 2 aromatic carbocycles. The Labute approximate surface area is 113 Å². The van der Waals surface area contributed by atoms with Crippen molar-refractivity contribution in [3.8, 4) is 5.75 Å². The number of aliphatic hydroxyl groups is 1. The Morgan fingerprint density at radius 2 is 1.95 bits per heavy atom. The van der Waals surface area contributed by atoms with Crippen molar-refractivity contribution in [1.29, 1.82) is 0 Å². The number of anilines is 1. The lowest BCUT2D eigenvalue weighted by Gasteiger charge is -2.16. The first-order valence-corrected chi connectivity index (χ1v) is 6.32. The molecule has 0 radical (unpaired) electrons. The first kappa shape index (κ1) is 13.4. The monoisotopic (exact) mass is 257 g/mol. The second kappa shape index (κ2) is 6.25. The van der Waals surface area contributed by atoms with E-state index in [1.54, 1.807) is 7.11 Å². The minimum absolute atomic E-state index is 0.448. The van der Waals surface area contributed by atoms with E-state index in [4.69, 9.17) is 4.74 Å². The van der Waals surface area contributed by atoms with E-state index in [0.717, 1.165) is 11.3 Å². The van der Waals surface area contributed by atoms with E-state index in [0.29, 0.717) is 12.3 Å². The second-order valence-corrected chi connectivity index (χ2v) is 4.51. The number of aliphatic hydroxyl groups excluding tert-OH is 1. The summed E-state index contributed by atoms with van der Waals surface area (Å²) in [6.45, 7) is 2.49. The van der Waals surface area contributed by atoms with Crippen LogP contribution in [0.25, 0.3) is 0 Å². The van der Waals surface area contributed by atoms with Crippen LogP contribution >= 0.6 is 0 Å². The molecular formula is C16H19NO2. The maximum atomic E-state index is 10.2.